The van der Waals surface area contributed by atoms with Crippen molar-refractivity contribution >= 4 is 23.9 Å². The fourth-order valence-corrected chi connectivity index (χ4v) is 2.93. The summed E-state index contributed by atoms with van der Waals surface area (Å²) in [5.74, 6) is -4.40. The number of carbonyl (C=O) groups is 4. The Hall–Kier alpha value is -2.94. The summed E-state index contributed by atoms with van der Waals surface area (Å²) < 4.78 is 16.4. The number of hydrogen-bond donors (Lipinski definition) is 2. The topological polar surface area (TPSA) is 142 Å². The SMILES string of the molecule is CC(C)C(=O)OCC(C)C(c1ccc(OC(=O)C(C)(C)C)c(OC(=O)C(C)(C)C)c1)[C@H](N)C(=O)O. The highest BCUT2D eigenvalue weighted by molar-refractivity contribution is 5.81. The van der Waals surface area contributed by atoms with Gasteiger partial charge in [0.1, 0.15) is 6.04 Å². The van der Waals surface area contributed by atoms with E-state index in [1.807, 2.05) is 0 Å². The van der Waals surface area contributed by atoms with E-state index in [1.165, 1.54) is 12.1 Å². The van der Waals surface area contributed by atoms with Crippen LogP contribution in [0.4, 0.5) is 0 Å². The first-order valence-corrected chi connectivity index (χ1v) is 11.6. The highest BCUT2D eigenvalue weighted by Crippen LogP contribution is 2.37. The van der Waals surface area contributed by atoms with Gasteiger partial charge in [-0.15, -0.1) is 0 Å². The first kappa shape index (κ1) is 30.1. The van der Waals surface area contributed by atoms with Crippen LogP contribution in [0.15, 0.2) is 18.2 Å². The molecule has 0 aliphatic heterocycles. The molecule has 0 aliphatic rings. The van der Waals surface area contributed by atoms with Crippen molar-refractivity contribution < 1.29 is 38.5 Å². The summed E-state index contributed by atoms with van der Waals surface area (Å²) in [6.45, 7) is 15.1. The van der Waals surface area contributed by atoms with Crippen LogP contribution in [0.3, 0.4) is 0 Å². The maximum absolute atomic E-state index is 12.6. The van der Waals surface area contributed by atoms with Crippen LogP contribution in [0, 0.1) is 22.7 Å². The van der Waals surface area contributed by atoms with E-state index in [9.17, 15) is 24.3 Å². The lowest BCUT2D eigenvalue weighted by Crippen LogP contribution is -2.41. The number of esters is 3. The molecule has 0 saturated carbocycles. The van der Waals surface area contributed by atoms with Gasteiger partial charge >= 0.3 is 23.9 Å². The molecule has 196 valence electrons. The Morgan fingerprint density at radius 3 is 1.80 bits per heavy atom. The normalized spacial score (nSPS) is 14.6. The van der Waals surface area contributed by atoms with Crippen molar-refractivity contribution in [2.45, 2.75) is 74.3 Å². The van der Waals surface area contributed by atoms with Crippen molar-refractivity contribution in [1.29, 1.82) is 0 Å². The number of nitrogens with two attached hydrogens (primary N) is 1. The monoisotopic (exact) mass is 493 g/mol. The van der Waals surface area contributed by atoms with Crippen LogP contribution < -0.4 is 15.2 Å². The third-order valence-electron chi connectivity index (χ3n) is 5.23. The van der Waals surface area contributed by atoms with E-state index in [4.69, 9.17) is 19.9 Å². The van der Waals surface area contributed by atoms with Gasteiger partial charge in [0.2, 0.25) is 0 Å². The fraction of sp³-hybridized carbons (Fsp3) is 0.615. The van der Waals surface area contributed by atoms with Gasteiger partial charge in [0.25, 0.3) is 0 Å². The fourth-order valence-electron chi connectivity index (χ4n) is 2.93. The van der Waals surface area contributed by atoms with E-state index in [-0.39, 0.29) is 24.0 Å². The average molecular weight is 494 g/mol. The number of rotatable bonds is 9. The number of carboxylic acid groups (broad SMARTS) is 1. The Labute approximate surface area is 207 Å². The van der Waals surface area contributed by atoms with Crippen LogP contribution in [0.2, 0.25) is 0 Å². The summed E-state index contributed by atoms with van der Waals surface area (Å²) in [5.41, 5.74) is 4.79. The lowest BCUT2D eigenvalue weighted by atomic mass is 9.82. The molecule has 35 heavy (non-hydrogen) atoms. The quantitative estimate of drug-likeness (QED) is 0.386. The minimum Gasteiger partial charge on any atom is -0.480 e. The first-order chi connectivity index (χ1) is 15.9. The van der Waals surface area contributed by atoms with E-state index in [0.29, 0.717) is 5.56 Å². The number of aliphatic carboxylic acids is 1. The molecular weight excluding hydrogens is 454 g/mol. The molecule has 0 bridgehead atoms. The summed E-state index contributed by atoms with van der Waals surface area (Å²) in [7, 11) is 0. The number of ether oxygens (including phenoxy) is 3. The predicted molar refractivity (Wildman–Crippen MR) is 130 cm³/mol. The Morgan fingerprint density at radius 1 is 0.886 bits per heavy atom. The molecule has 9 nitrogen and oxygen atoms in total. The molecule has 0 spiro atoms. The Kier molecular flexibility index (Phi) is 10.0. The van der Waals surface area contributed by atoms with Gasteiger partial charge in [0.15, 0.2) is 11.5 Å². The van der Waals surface area contributed by atoms with E-state index in [1.54, 1.807) is 68.4 Å². The average Bonchev–Trinajstić information content (AvgIpc) is 2.71. The molecule has 0 aliphatic carbocycles. The molecule has 3 atom stereocenters. The number of carbonyl (C=O) groups excluding carboxylic acids is 3. The highest BCUT2D eigenvalue weighted by atomic mass is 16.6. The Bertz CT molecular complexity index is 940. The number of hydrogen-bond acceptors (Lipinski definition) is 8. The lowest BCUT2D eigenvalue weighted by molar-refractivity contribution is -0.149. The smallest absolute Gasteiger partial charge is 0.321 e. The standard InChI is InChI=1S/C26H39NO8/c1-14(2)22(30)33-13-15(3)19(20(27)21(28)29)16-10-11-17(34-23(31)25(4,5)6)18(12-16)35-24(32)26(7,8)9/h10-12,14-15,19-20H,13,27H2,1-9H3,(H,28,29)/t15?,19?,20-/m0/s1. The van der Waals surface area contributed by atoms with Gasteiger partial charge in [-0.3, -0.25) is 19.2 Å². The maximum atomic E-state index is 12.6. The second-order valence-electron chi connectivity index (χ2n) is 11.1. The minimum absolute atomic E-state index is 0.0211. The van der Waals surface area contributed by atoms with Gasteiger partial charge in [-0.1, -0.05) is 26.8 Å². The van der Waals surface area contributed by atoms with Gasteiger partial charge in [-0.25, -0.2) is 0 Å². The first-order valence-electron chi connectivity index (χ1n) is 11.6. The molecule has 0 heterocycles. The van der Waals surface area contributed by atoms with Crippen molar-refractivity contribution in [3.8, 4) is 11.5 Å². The van der Waals surface area contributed by atoms with E-state index in [0.717, 1.165) is 0 Å². The molecule has 0 saturated heterocycles. The van der Waals surface area contributed by atoms with Crippen molar-refractivity contribution in [3.63, 3.8) is 0 Å². The zero-order valence-electron chi connectivity index (χ0n) is 22.1. The molecule has 3 N–H and O–H groups in total. The number of carboxylic acids is 1. The van der Waals surface area contributed by atoms with Gasteiger partial charge in [-0.05, 0) is 65.2 Å². The zero-order chi connectivity index (χ0) is 27.3. The third-order valence-corrected chi connectivity index (χ3v) is 5.23. The van der Waals surface area contributed by atoms with E-state index in [2.05, 4.69) is 0 Å². The highest BCUT2D eigenvalue weighted by Gasteiger charge is 2.34. The molecule has 0 aromatic heterocycles. The second kappa shape index (κ2) is 11.7. The van der Waals surface area contributed by atoms with Crippen LogP contribution in [-0.2, 0) is 23.9 Å². The molecule has 2 unspecified atom stereocenters. The molecule has 9 heteroatoms. The van der Waals surface area contributed by atoms with Crippen molar-refractivity contribution in [1.82, 2.24) is 0 Å². The van der Waals surface area contributed by atoms with Gasteiger partial charge in [-0.2, -0.15) is 0 Å². The molecular formula is C26H39NO8. The summed E-state index contributed by atoms with van der Waals surface area (Å²) in [4.78, 5) is 48.8. The molecule has 0 fully saturated rings. The molecule has 1 rings (SSSR count). The molecule has 0 radical (unpaired) electrons. The molecule has 0 amide bonds. The van der Waals surface area contributed by atoms with Crippen molar-refractivity contribution in [3.05, 3.63) is 23.8 Å². The Balaban J connectivity index is 3.50. The zero-order valence-corrected chi connectivity index (χ0v) is 22.1. The molecule has 1 aromatic rings. The maximum Gasteiger partial charge on any atom is 0.321 e. The van der Waals surface area contributed by atoms with Gasteiger partial charge in [0.05, 0.1) is 23.4 Å². The summed E-state index contributed by atoms with van der Waals surface area (Å²) in [6.07, 6.45) is 0. The summed E-state index contributed by atoms with van der Waals surface area (Å²) in [6, 6.07) is 3.12. The van der Waals surface area contributed by atoms with Crippen molar-refractivity contribution in [2.24, 2.45) is 28.4 Å². The third kappa shape index (κ3) is 8.65. The lowest BCUT2D eigenvalue weighted by Gasteiger charge is -2.28. The van der Waals surface area contributed by atoms with Crippen LogP contribution in [0.25, 0.3) is 0 Å². The molecule has 1 aromatic carbocycles. The summed E-state index contributed by atoms with van der Waals surface area (Å²) in [5, 5.41) is 9.63. The van der Waals surface area contributed by atoms with Gasteiger partial charge < -0.3 is 25.1 Å². The van der Waals surface area contributed by atoms with Crippen LogP contribution in [-0.4, -0.2) is 41.6 Å². The van der Waals surface area contributed by atoms with E-state index >= 15 is 0 Å². The largest absolute Gasteiger partial charge is 0.480 e. The van der Waals surface area contributed by atoms with Crippen LogP contribution in [0.5, 0.6) is 11.5 Å². The Morgan fingerprint density at radius 2 is 1.37 bits per heavy atom. The minimum atomic E-state index is -1.34. The summed E-state index contributed by atoms with van der Waals surface area (Å²) >= 11 is 0. The van der Waals surface area contributed by atoms with Crippen LogP contribution >= 0.6 is 0 Å². The van der Waals surface area contributed by atoms with Gasteiger partial charge in [0, 0.05) is 5.92 Å². The number of benzene rings is 1. The van der Waals surface area contributed by atoms with Crippen LogP contribution in [0.1, 0.15) is 73.8 Å². The second-order valence-corrected chi connectivity index (χ2v) is 11.1. The predicted octanol–water partition coefficient (Wildman–Crippen LogP) is 3.92. The van der Waals surface area contributed by atoms with Crippen molar-refractivity contribution in [2.75, 3.05) is 6.61 Å². The van der Waals surface area contributed by atoms with E-state index < -0.39 is 52.6 Å².